The molecule has 17 heavy (non-hydrogen) atoms. The van der Waals surface area contributed by atoms with E-state index in [2.05, 4.69) is 15.0 Å². The van der Waals surface area contributed by atoms with Gasteiger partial charge in [0.25, 0.3) is 0 Å². The van der Waals surface area contributed by atoms with E-state index in [1.807, 2.05) is 0 Å². The number of ether oxygens (including phenoxy) is 1. The van der Waals surface area contributed by atoms with Crippen molar-refractivity contribution in [2.24, 2.45) is 0 Å². The van der Waals surface area contributed by atoms with Gasteiger partial charge in [-0.15, -0.1) is 0 Å². The Morgan fingerprint density at radius 3 is 2.76 bits per heavy atom. The molecule has 0 aliphatic carbocycles. The molecular formula is C10H11FN2O4. The molecular weight excluding hydrogens is 231 g/mol. The van der Waals surface area contributed by atoms with E-state index in [-0.39, 0.29) is 5.56 Å². The Balaban J connectivity index is 2.83. The minimum atomic E-state index is -1.09. The van der Waals surface area contributed by atoms with Gasteiger partial charge in [0.05, 0.1) is 24.0 Å². The summed E-state index contributed by atoms with van der Waals surface area (Å²) in [6.07, 6.45) is 0. The van der Waals surface area contributed by atoms with Gasteiger partial charge in [0.1, 0.15) is 6.54 Å². The predicted molar refractivity (Wildman–Crippen MR) is 57.9 cm³/mol. The summed E-state index contributed by atoms with van der Waals surface area (Å²) in [6.45, 7) is -0.397. The average molecular weight is 242 g/mol. The van der Waals surface area contributed by atoms with Crippen molar-refractivity contribution in [3.05, 3.63) is 23.8 Å². The molecule has 0 fully saturated rings. The van der Waals surface area contributed by atoms with Gasteiger partial charge in [-0.1, -0.05) is 0 Å². The molecule has 0 amide bonds. The molecule has 92 valence electrons. The molecule has 6 nitrogen and oxygen atoms in total. The predicted octanol–water partition coefficient (Wildman–Crippen LogP) is 0.895. The summed E-state index contributed by atoms with van der Waals surface area (Å²) >= 11 is 0. The van der Waals surface area contributed by atoms with Crippen LogP contribution in [0.1, 0.15) is 10.4 Å². The van der Waals surface area contributed by atoms with Crippen LogP contribution in [0.4, 0.5) is 15.9 Å². The first-order chi connectivity index (χ1) is 8.08. The van der Waals surface area contributed by atoms with Crippen LogP contribution in [0.25, 0.3) is 0 Å². The average Bonchev–Trinajstić information content (AvgIpc) is 2.36. The van der Waals surface area contributed by atoms with Crippen LogP contribution in [0.5, 0.6) is 0 Å². The van der Waals surface area contributed by atoms with Crippen molar-refractivity contribution in [2.75, 3.05) is 24.7 Å². The molecule has 0 spiro atoms. The summed E-state index contributed by atoms with van der Waals surface area (Å²) in [7, 11) is 1.24. The van der Waals surface area contributed by atoms with E-state index in [1.54, 1.807) is 0 Å². The maximum absolute atomic E-state index is 11.5. The van der Waals surface area contributed by atoms with Gasteiger partial charge in [0.15, 0.2) is 0 Å². The zero-order valence-corrected chi connectivity index (χ0v) is 9.03. The second kappa shape index (κ2) is 5.69. The van der Waals surface area contributed by atoms with Crippen LogP contribution in [0.3, 0.4) is 0 Å². The zero-order chi connectivity index (χ0) is 12.8. The summed E-state index contributed by atoms with van der Waals surface area (Å²) in [6, 6.07) is 4.34. The van der Waals surface area contributed by atoms with E-state index in [9.17, 15) is 14.1 Å². The number of carbonyl (C=O) groups is 2. The molecule has 0 radical (unpaired) electrons. The number of halogens is 1. The number of carbonyl (C=O) groups excluding carboxylic acids is 2. The van der Waals surface area contributed by atoms with Crippen LogP contribution in [-0.2, 0) is 14.5 Å². The summed E-state index contributed by atoms with van der Waals surface area (Å²) in [4.78, 5) is 24.8. The molecule has 0 aliphatic rings. The Labute approximate surface area is 96.4 Å². The van der Waals surface area contributed by atoms with Crippen molar-refractivity contribution >= 4 is 23.3 Å². The van der Waals surface area contributed by atoms with Crippen LogP contribution in [-0.4, -0.2) is 25.6 Å². The fraction of sp³-hybridized carbons (Fsp3) is 0.200. The van der Waals surface area contributed by atoms with Gasteiger partial charge in [0.2, 0.25) is 0 Å². The topological polar surface area (TPSA) is 90.6 Å². The van der Waals surface area contributed by atoms with E-state index < -0.39 is 18.5 Å². The van der Waals surface area contributed by atoms with E-state index in [0.29, 0.717) is 11.4 Å². The quantitative estimate of drug-likeness (QED) is 0.602. The standard InChI is InChI=1S/C10H11FN2O4/c1-16-10(15)6-2-3-7(12)8(4-6)13-5-9(14)17-11/h2-4,13H,5,12H2,1H3. The normalized spacial score (nSPS) is 9.53. The molecule has 0 atom stereocenters. The van der Waals surface area contributed by atoms with Gasteiger partial charge >= 0.3 is 11.9 Å². The minimum absolute atomic E-state index is 0.262. The molecule has 1 aromatic carbocycles. The third kappa shape index (κ3) is 3.33. The highest BCUT2D eigenvalue weighted by atomic mass is 19.3. The fourth-order valence-corrected chi connectivity index (χ4v) is 1.15. The molecule has 0 saturated carbocycles. The smallest absolute Gasteiger partial charge is 0.367 e. The molecule has 0 bridgehead atoms. The molecule has 7 heteroatoms. The van der Waals surface area contributed by atoms with E-state index in [1.165, 1.54) is 25.3 Å². The molecule has 1 aromatic rings. The lowest BCUT2D eigenvalue weighted by Gasteiger charge is -2.08. The van der Waals surface area contributed by atoms with Crippen LogP contribution in [0.15, 0.2) is 18.2 Å². The second-order valence-electron chi connectivity index (χ2n) is 3.10. The van der Waals surface area contributed by atoms with Crippen molar-refractivity contribution in [2.45, 2.75) is 0 Å². The summed E-state index contributed by atoms with van der Waals surface area (Å²) in [5, 5.41) is 2.54. The molecule has 0 unspecified atom stereocenters. The number of anilines is 2. The largest absolute Gasteiger partial charge is 0.465 e. The van der Waals surface area contributed by atoms with Crippen LogP contribution < -0.4 is 11.1 Å². The molecule has 1 rings (SSSR count). The summed E-state index contributed by atoms with van der Waals surface area (Å²) in [5.41, 5.74) is 6.49. The first-order valence-electron chi connectivity index (χ1n) is 4.61. The van der Waals surface area contributed by atoms with Gasteiger partial charge in [-0.3, -0.25) is 4.94 Å². The van der Waals surface area contributed by atoms with E-state index in [0.717, 1.165) is 0 Å². The zero-order valence-electron chi connectivity index (χ0n) is 9.03. The van der Waals surface area contributed by atoms with Gasteiger partial charge in [-0.05, 0) is 18.2 Å². The van der Waals surface area contributed by atoms with Crippen LogP contribution in [0, 0.1) is 0 Å². The fourth-order valence-electron chi connectivity index (χ4n) is 1.15. The van der Waals surface area contributed by atoms with Gasteiger partial charge in [-0.2, -0.15) is 0 Å². The third-order valence-electron chi connectivity index (χ3n) is 1.98. The van der Waals surface area contributed by atoms with E-state index in [4.69, 9.17) is 5.73 Å². The molecule has 0 aliphatic heterocycles. The highest BCUT2D eigenvalue weighted by Crippen LogP contribution is 2.20. The maximum Gasteiger partial charge on any atom is 0.367 e. The first-order valence-corrected chi connectivity index (χ1v) is 4.61. The Kier molecular flexibility index (Phi) is 4.27. The van der Waals surface area contributed by atoms with Crippen LogP contribution >= 0.6 is 0 Å². The highest BCUT2D eigenvalue weighted by molar-refractivity contribution is 5.92. The molecule has 0 heterocycles. The van der Waals surface area contributed by atoms with E-state index >= 15 is 0 Å². The number of benzene rings is 1. The van der Waals surface area contributed by atoms with Crippen molar-refractivity contribution in [1.82, 2.24) is 0 Å². The number of nitrogens with one attached hydrogen (secondary N) is 1. The van der Waals surface area contributed by atoms with Crippen molar-refractivity contribution in [3.63, 3.8) is 0 Å². The number of nitrogen functional groups attached to an aromatic ring is 1. The van der Waals surface area contributed by atoms with Gasteiger partial charge in [0, 0.05) is 4.53 Å². The highest BCUT2D eigenvalue weighted by Gasteiger charge is 2.10. The summed E-state index contributed by atoms with van der Waals surface area (Å²) < 4.78 is 16.0. The number of esters is 1. The Morgan fingerprint density at radius 2 is 2.18 bits per heavy atom. The first kappa shape index (κ1) is 12.8. The molecule has 3 N–H and O–H groups in total. The Hall–Kier alpha value is -2.31. The number of hydrogen-bond acceptors (Lipinski definition) is 6. The Morgan fingerprint density at radius 1 is 1.47 bits per heavy atom. The van der Waals surface area contributed by atoms with Crippen LogP contribution in [0.2, 0.25) is 0 Å². The van der Waals surface area contributed by atoms with Crippen molar-refractivity contribution in [3.8, 4) is 0 Å². The number of methoxy groups -OCH3 is 1. The number of rotatable bonds is 4. The monoisotopic (exact) mass is 242 g/mol. The Bertz CT molecular complexity index is 436. The molecule has 0 aromatic heterocycles. The lowest BCUT2D eigenvalue weighted by atomic mass is 10.1. The minimum Gasteiger partial charge on any atom is -0.465 e. The summed E-state index contributed by atoms with van der Waals surface area (Å²) in [5.74, 6) is -1.63. The lowest BCUT2D eigenvalue weighted by molar-refractivity contribution is -0.181. The van der Waals surface area contributed by atoms with Gasteiger partial charge < -0.3 is 15.8 Å². The maximum atomic E-state index is 11.5. The molecule has 0 saturated heterocycles. The number of nitrogens with two attached hydrogens (primary N) is 1. The second-order valence-corrected chi connectivity index (χ2v) is 3.10. The number of hydrogen-bond donors (Lipinski definition) is 2. The van der Waals surface area contributed by atoms with Crippen molar-refractivity contribution in [1.29, 1.82) is 0 Å². The third-order valence-corrected chi connectivity index (χ3v) is 1.98. The van der Waals surface area contributed by atoms with Gasteiger partial charge in [-0.25, -0.2) is 9.59 Å². The van der Waals surface area contributed by atoms with Crippen molar-refractivity contribution < 1.29 is 23.8 Å². The lowest BCUT2D eigenvalue weighted by Crippen LogP contribution is -2.15. The SMILES string of the molecule is COC(=O)c1ccc(N)c(NCC(=O)OF)c1.